The normalized spacial score (nSPS) is 16.2. The van der Waals surface area contributed by atoms with E-state index in [9.17, 15) is 9.59 Å². The number of methoxy groups -OCH3 is 1. The second-order valence-electron chi connectivity index (χ2n) is 7.52. The number of amides is 2. The van der Waals surface area contributed by atoms with E-state index in [0.717, 1.165) is 12.8 Å². The fourth-order valence-electron chi connectivity index (χ4n) is 3.96. The van der Waals surface area contributed by atoms with Gasteiger partial charge in [0.25, 0.3) is 0 Å². The standard InChI is InChI=1S/C22H24ClN5O3/c1-31-19-11-5-4-10-18(19)28-20(25-26-22(28)30)13-15-7-6-12-27(14-15)21(29)24-17-9-3-2-8-16(17)23/h2-5,8-11,15H,6-7,12-14H2,1H3,(H,24,29)(H,26,30). The molecule has 4 rings (SSSR count). The number of benzene rings is 2. The van der Waals surface area contributed by atoms with Crippen LogP contribution in [-0.2, 0) is 6.42 Å². The van der Waals surface area contributed by atoms with E-state index >= 15 is 0 Å². The first-order chi connectivity index (χ1) is 15.1. The first kappa shape index (κ1) is 21.0. The minimum atomic E-state index is -0.316. The number of urea groups is 1. The summed E-state index contributed by atoms with van der Waals surface area (Å²) in [6.07, 6.45) is 2.39. The minimum absolute atomic E-state index is 0.175. The SMILES string of the molecule is COc1ccccc1-n1c(CC2CCCN(C(=O)Nc3ccccc3Cl)C2)n[nH]c1=O. The van der Waals surface area contributed by atoms with Crippen LogP contribution < -0.4 is 15.7 Å². The highest BCUT2D eigenvalue weighted by Gasteiger charge is 2.26. The predicted octanol–water partition coefficient (Wildman–Crippen LogP) is 3.71. The zero-order chi connectivity index (χ0) is 21.8. The van der Waals surface area contributed by atoms with Gasteiger partial charge in [0.2, 0.25) is 0 Å². The Balaban J connectivity index is 1.49. The number of rotatable bonds is 5. The summed E-state index contributed by atoms with van der Waals surface area (Å²) in [7, 11) is 1.57. The summed E-state index contributed by atoms with van der Waals surface area (Å²) in [6.45, 7) is 1.25. The molecule has 0 aliphatic carbocycles. The molecule has 162 valence electrons. The van der Waals surface area contributed by atoms with Crippen molar-refractivity contribution < 1.29 is 9.53 Å². The lowest BCUT2D eigenvalue weighted by atomic mass is 9.94. The fraction of sp³-hybridized carbons (Fsp3) is 0.318. The van der Waals surface area contributed by atoms with E-state index in [4.69, 9.17) is 16.3 Å². The number of H-pyrrole nitrogens is 1. The highest BCUT2D eigenvalue weighted by molar-refractivity contribution is 6.33. The van der Waals surface area contributed by atoms with Gasteiger partial charge in [-0.2, -0.15) is 5.10 Å². The number of piperidine rings is 1. The molecule has 0 bridgehead atoms. The molecule has 2 N–H and O–H groups in total. The third-order valence-corrected chi connectivity index (χ3v) is 5.79. The van der Waals surface area contributed by atoms with Crippen LogP contribution in [0.3, 0.4) is 0 Å². The number of ether oxygens (including phenoxy) is 1. The molecule has 9 heteroatoms. The van der Waals surface area contributed by atoms with Gasteiger partial charge in [-0.15, -0.1) is 0 Å². The van der Waals surface area contributed by atoms with E-state index in [1.54, 1.807) is 34.8 Å². The molecular formula is C22H24ClN5O3. The molecule has 2 heterocycles. The molecule has 1 aromatic heterocycles. The van der Waals surface area contributed by atoms with Crippen molar-refractivity contribution >= 4 is 23.3 Å². The molecule has 31 heavy (non-hydrogen) atoms. The van der Waals surface area contributed by atoms with Crippen LogP contribution in [0.4, 0.5) is 10.5 Å². The molecule has 2 amide bonds. The van der Waals surface area contributed by atoms with E-state index in [-0.39, 0.29) is 17.6 Å². The Hall–Kier alpha value is -3.26. The van der Waals surface area contributed by atoms with E-state index in [0.29, 0.717) is 47.5 Å². The van der Waals surface area contributed by atoms with Crippen LogP contribution >= 0.6 is 11.6 Å². The third kappa shape index (κ3) is 4.59. The van der Waals surface area contributed by atoms with Crippen molar-refractivity contribution in [2.75, 3.05) is 25.5 Å². The highest BCUT2D eigenvalue weighted by atomic mass is 35.5. The average molecular weight is 442 g/mol. The fourth-order valence-corrected chi connectivity index (χ4v) is 4.14. The van der Waals surface area contributed by atoms with Crippen LogP contribution in [0.25, 0.3) is 5.69 Å². The van der Waals surface area contributed by atoms with Crippen LogP contribution in [-0.4, -0.2) is 45.9 Å². The Morgan fingerprint density at radius 2 is 2.03 bits per heavy atom. The van der Waals surface area contributed by atoms with Gasteiger partial charge in [-0.3, -0.25) is 0 Å². The summed E-state index contributed by atoms with van der Waals surface area (Å²) in [5.41, 5.74) is 0.917. The van der Waals surface area contributed by atoms with Crippen LogP contribution in [0.5, 0.6) is 5.75 Å². The van der Waals surface area contributed by atoms with Gasteiger partial charge in [-0.25, -0.2) is 19.3 Å². The number of hydrogen-bond acceptors (Lipinski definition) is 4. The van der Waals surface area contributed by atoms with Crippen LogP contribution in [0.2, 0.25) is 5.02 Å². The van der Waals surface area contributed by atoms with Gasteiger partial charge >= 0.3 is 11.7 Å². The Morgan fingerprint density at radius 3 is 2.84 bits per heavy atom. The van der Waals surface area contributed by atoms with Gasteiger partial charge in [0.15, 0.2) is 0 Å². The van der Waals surface area contributed by atoms with Gasteiger partial charge in [-0.1, -0.05) is 35.9 Å². The number of hydrogen-bond donors (Lipinski definition) is 2. The van der Waals surface area contributed by atoms with E-state index in [2.05, 4.69) is 15.5 Å². The Bertz CT molecular complexity index is 1130. The quantitative estimate of drug-likeness (QED) is 0.631. The Morgan fingerprint density at radius 1 is 1.26 bits per heavy atom. The van der Waals surface area contributed by atoms with Crippen molar-refractivity contribution in [3.8, 4) is 11.4 Å². The molecule has 2 aromatic carbocycles. The number of para-hydroxylation sites is 3. The van der Waals surface area contributed by atoms with Gasteiger partial charge in [0.1, 0.15) is 11.6 Å². The van der Waals surface area contributed by atoms with Crippen LogP contribution in [0.15, 0.2) is 53.3 Å². The Kier molecular flexibility index (Phi) is 6.27. The van der Waals surface area contributed by atoms with E-state index in [1.165, 1.54) is 0 Å². The molecule has 1 fully saturated rings. The van der Waals surface area contributed by atoms with E-state index < -0.39 is 0 Å². The van der Waals surface area contributed by atoms with Crippen molar-refractivity contribution in [2.45, 2.75) is 19.3 Å². The second kappa shape index (κ2) is 9.26. The molecule has 3 aromatic rings. The van der Waals surface area contributed by atoms with Gasteiger partial charge < -0.3 is 15.0 Å². The molecule has 1 atom stereocenters. The third-order valence-electron chi connectivity index (χ3n) is 5.46. The number of nitrogens with one attached hydrogen (secondary N) is 2. The second-order valence-corrected chi connectivity index (χ2v) is 7.93. The smallest absolute Gasteiger partial charge is 0.348 e. The first-order valence-electron chi connectivity index (χ1n) is 10.2. The molecule has 1 unspecified atom stereocenters. The lowest BCUT2D eigenvalue weighted by Crippen LogP contribution is -2.43. The molecular weight excluding hydrogens is 418 g/mol. The molecule has 8 nitrogen and oxygen atoms in total. The summed E-state index contributed by atoms with van der Waals surface area (Å²) < 4.78 is 6.95. The minimum Gasteiger partial charge on any atom is -0.495 e. The number of aromatic nitrogens is 3. The number of nitrogens with zero attached hydrogens (tertiary/aromatic N) is 3. The average Bonchev–Trinajstić information content (AvgIpc) is 3.15. The number of carbonyl (C=O) groups is 1. The zero-order valence-electron chi connectivity index (χ0n) is 17.2. The lowest BCUT2D eigenvalue weighted by Gasteiger charge is -2.32. The summed E-state index contributed by atoms with van der Waals surface area (Å²) in [4.78, 5) is 27.0. The number of anilines is 1. The van der Waals surface area contributed by atoms with Gasteiger partial charge in [-0.05, 0) is 43.0 Å². The maximum atomic E-state index is 12.8. The highest BCUT2D eigenvalue weighted by Crippen LogP contribution is 2.26. The van der Waals surface area contributed by atoms with Crippen LogP contribution in [0, 0.1) is 5.92 Å². The van der Waals surface area contributed by atoms with Gasteiger partial charge in [0.05, 0.1) is 23.5 Å². The molecule has 0 spiro atoms. The molecule has 1 aliphatic heterocycles. The maximum Gasteiger partial charge on any atom is 0.348 e. The van der Waals surface area contributed by atoms with Crippen molar-refractivity contribution in [3.63, 3.8) is 0 Å². The van der Waals surface area contributed by atoms with Gasteiger partial charge in [0, 0.05) is 19.5 Å². The number of likely N-dealkylation sites (tertiary alicyclic amines) is 1. The zero-order valence-corrected chi connectivity index (χ0v) is 17.9. The molecule has 1 saturated heterocycles. The predicted molar refractivity (Wildman–Crippen MR) is 119 cm³/mol. The first-order valence-corrected chi connectivity index (χ1v) is 10.5. The number of carbonyl (C=O) groups excluding carboxylic acids is 1. The maximum absolute atomic E-state index is 12.8. The summed E-state index contributed by atoms with van der Waals surface area (Å²) in [5.74, 6) is 1.39. The molecule has 0 radical (unpaired) electrons. The Labute approximate surface area is 184 Å². The number of halogens is 1. The van der Waals surface area contributed by atoms with Crippen molar-refractivity contribution in [3.05, 3.63) is 69.9 Å². The molecule has 1 aliphatic rings. The number of aromatic amines is 1. The van der Waals surface area contributed by atoms with Crippen molar-refractivity contribution in [2.24, 2.45) is 5.92 Å². The largest absolute Gasteiger partial charge is 0.495 e. The molecule has 0 saturated carbocycles. The summed E-state index contributed by atoms with van der Waals surface area (Å²) in [6, 6.07) is 14.3. The van der Waals surface area contributed by atoms with Crippen molar-refractivity contribution in [1.29, 1.82) is 0 Å². The van der Waals surface area contributed by atoms with Crippen LogP contribution in [0.1, 0.15) is 18.7 Å². The van der Waals surface area contributed by atoms with E-state index in [1.807, 2.05) is 30.3 Å². The summed E-state index contributed by atoms with van der Waals surface area (Å²) >= 11 is 6.16. The monoisotopic (exact) mass is 441 g/mol. The lowest BCUT2D eigenvalue weighted by molar-refractivity contribution is 0.176. The topological polar surface area (TPSA) is 92.2 Å². The summed E-state index contributed by atoms with van der Waals surface area (Å²) in [5, 5.41) is 10.2. The van der Waals surface area contributed by atoms with Crippen molar-refractivity contribution in [1.82, 2.24) is 19.7 Å².